The number of hydrogen-bond donors (Lipinski definition) is 0. The van der Waals surface area contributed by atoms with E-state index in [0.29, 0.717) is 12.5 Å². The minimum atomic E-state index is -2.33. The molecule has 1 aromatic heterocycles. The molecule has 1 aliphatic rings. The fourth-order valence-electron chi connectivity index (χ4n) is 1.29. The lowest BCUT2D eigenvalue weighted by molar-refractivity contribution is 0.241. The first-order valence-corrected chi connectivity index (χ1v) is 7.18. The monoisotopic (exact) mass is 244 g/mol. The zero-order valence-electron chi connectivity index (χ0n) is 8.93. The quantitative estimate of drug-likeness (QED) is 0.707. The summed E-state index contributed by atoms with van der Waals surface area (Å²) in [5.74, 6) is 0.615. The van der Waals surface area contributed by atoms with Crippen LogP contribution in [-0.4, -0.2) is 23.7 Å². The summed E-state index contributed by atoms with van der Waals surface area (Å²) in [7, 11) is 3.72. The number of nitrogens with zero attached hydrogens (tertiary/aromatic N) is 2. The molecular formula is C9H13N2O2PS. The molecule has 0 aliphatic carbocycles. The number of aryl methyl sites for hydroxylation is 1. The minimum absolute atomic E-state index is 0.486. The lowest BCUT2D eigenvalue weighted by Crippen LogP contribution is -2.19. The highest BCUT2D eigenvalue weighted by Crippen LogP contribution is 2.54. The molecule has 0 fully saturated rings. The van der Waals surface area contributed by atoms with Gasteiger partial charge < -0.3 is 9.05 Å². The number of aromatic nitrogens is 1. The van der Waals surface area contributed by atoms with E-state index in [2.05, 4.69) is 4.98 Å². The Balaban J connectivity index is 2.35. The van der Waals surface area contributed by atoms with Gasteiger partial charge in [0.15, 0.2) is 0 Å². The van der Waals surface area contributed by atoms with Gasteiger partial charge >= 0.3 is 6.64 Å². The maximum Gasteiger partial charge on any atom is 0.316 e. The van der Waals surface area contributed by atoms with Crippen molar-refractivity contribution < 1.29 is 9.05 Å². The van der Waals surface area contributed by atoms with Crippen LogP contribution in [0.1, 0.15) is 11.1 Å². The van der Waals surface area contributed by atoms with Gasteiger partial charge in [0.05, 0.1) is 6.61 Å². The maximum absolute atomic E-state index is 5.65. The normalized spacial score (nSPS) is 24.8. The van der Waals surface area contributed by atoms with Gasteiger partial charge in [-0.2, -0.15) is 0 Å². The summed E-state index contributed by atoms with van der Waals surface area (Å²) in [6.45, 7) is 0.147. The molecule has 1 aromatic rings. The fourth-order valence-corrected chi connectivity index (χ4v) is 2.79. The van der Waals surface area contributed by atoms with Crippen LogP contribution in [0.2, 0.25) is 0 Å². The number of pyridine rings is 1. The third-order valence-electron chi connectivity index (χ3n) is 2.14. The van der Waals surface area contributed by atoms with E-state index in [9.17, 15) is 0 Å². The first-order valence-electron chi connectivity index (χ1n) is 4.59. The predicted molar refractivity (Wildman–Crippen MR) is 62.4 cm³/mol. The Morgan fingerprint density at radius 3 is 2.93 bits per heavy atom. The first kappa shape index (κ1) is 11.0. The van der Waals surface area contributed by atoms with Crippen molar-refractivity contribution in [3.05, 3.63) is 23.4 Å². The summed E-state index contributed by atoms with van der Waals surface area (Å²) >= 11 is 5.34. The van der Waals surface area contributed by atoms with Crippen molar-refractivity contribution in [3.63, 3.8) is 0 Å². The first-order chi connectivity index (χ1) is 7.01. The molecule has 1 aliphatic heterocycles. The highest BCUT2D eigenvalue weighted by atomic mass is 32.5. The van der Waals surface area contributed by atoms with E-state index < -0.39 is 6.64 Å². The van der Waals surface area contributed by atoms with Gasteiger partial charge in [-0.3, -0.25) is 0 Å². The van der Waals surface area contributed by atoms with E-state index in [1.54, 1.807) is 6.20 Å². The Bertz CT molecular complexity index is 436. The highest BCUT2D eigenvalue weighted by molar-refractivity contribution is 8.08. The molecule has 0 saturated heterocycles. The average Bonchev–Trinajstić information content (AvgIpc) is 2.18. The van der Waals surface area contributed by atoms with Crippen LogP contribution in [-0.2, 0) is 22.9 Å². The predicted octanol–water partition coefficient (Wildman–Crippen LogP) is 2.09. The van der Waals surface area contributed by atoms with Crippen LogP contribution in [0.3, 0.4) is 0 Å². The van der Waals surface area contributed by atoms with E-state index in [4.69, 9.17) is 20.9 Å². The topological polar surface area (TPSA) is 34.6 Å². The van der Waals surface area contributed by atoms with E-state index >= 15 is 0 Å². The van der Waals surface area contributed by atoms with Crippen molar-refractivity contribution >= 4 is 18.4 Å². The molecule has 2 rings (SSSR count). The molecule has 0 spiro atoms. The molecule has 6 heteroatoms. The Morgan fingerprint density at radius 1 is 1.53 bits per heavy atom. The molecule has 0 radical (unpaired) electrons. The number of rotatable bonds is 1. The second-order valence-electron chi connectivity index (χ2n) is 3.66. The lowest BCUT2D eigenvalue weighted by atomic mass is 10.2. The lowest BCUT2D eigenvalue weighted by Gasteiger charge is -2.31. The zero-order chi connectivity index (χ0) is 11.1. The zero-order valence-corrected chi connectivity index (χ0v) is 10.6. The molecule has 82 valence electrons. The van der Waals surface area contributed by atoms with Crippen molar-refractivity contribution in [1.82, 2.24) is 9.65 Å². The highest BCUT2D eigenvalue weighted by Gasteiger charge is 2.30. The van der Waals surface area contributed by atoms with Crippen LogP contribution in [0, 0.1) is 6.92 Å². The molecule has 0 aromatic carbocycles. The van der Waals surface area contributed by atoms with Gasteiger partial charge in [0.25, 0.3) is 0 Å². The van der Waals surface area contributed by atoms with Gasteiger partial charge in [0.1, 0.15) is 0 Å². The van der Waals surface area contributed by atoms with E-state index in [0.717, 1.165) is 11.1 Å². The van der Waals surface area contributed by atoms with E-state index in [1.807, 2.05) is 31.8 Å². The van der Waals surface area contributed by atoms with Gasteiger partial charge in [0.2, 0.25) is 5.88 Å². The molecule has 1 atom stereocenters. The summed E-state index contributed by atoms with van der Waals surface area (Å²) in [4.78, 5) is 4.23. The SMILES string of the molecule is Cc1cnc2c(c1)COP(=S)(N(C)C)O2. The van der Waals surface area contributed by atoms with E-state index in [-0.39, 0.29) is 0 Å². The molecule has 15 heavy (non-hydrogen) atoms. The molecular weight excluding hydrogens is 231 g/mol. The Morgan fingerprint density at radius 2 is 2.27 bits per heavy atom. The molecule has 0 saturated carbocycles. The Labute approximate surface area is 94.4 Å². The standard InChI is InChI=1S/C9H13N2O2PS/c1-7-4-8-6-12-14(15,11(2)3)13-9(8)10-5-7/h4-5H,6H2,1-3H3. The van der Waals surface area contributed by atoms with Crippen LogP contribution in [0.25, 0.3) is 0 Å². The summed E-state index contributed by atoms with van der Waals surface area (Å²) in [5, 5.41) is 0. The second kappa shape index (κ2) is 3.83. The summed E-state index contributed by atoms with van der Waals surface area (Å²) in [6.07, 6.45) is 1.78. The third-order valence-corrected chi connectivity index (χ3v) is 5.50. The third kappa shape index (κ3) is 2.06. The van der Waals surface area contributed by atoms with Crippen molar-refractivity contribution in [2.24, 2.45) is 0 Å². The van der Waals surface area contributed by atoms with Gasteiger partial charge in [-0.25, -0.2) is 9.65 Å². The fraction of sp³-hybridized carbons (Fsp3) is 0.444. The Hall–Kier alpha value is -0.480. The van der Waals surface area contributed by atoms with Crippen molar-refractivity contribution in [3.8, 4) is 5.88 Å². The van der Waals surface area contributed by atoms with Gasteiger partial charge in [-0.05, 0) is 44.5 Å². The molecule has 4 nitrogen and oxygen atoms in total. The molecule has 0 N–H and O–H groups in total. The maximum atomic E-state index is 5.65. The molecule has 2 heterocycles. The van der Waals surface area contributed by atoms with Gasteiger partial charge in [-0.15, -0.1) is 0 Å². The van der Waals surface area contributed by atoms with Gasteiger partial charge in [0, 0.05) is 11.8 Å². The van der Waals surface area contributed by atoms with Crippen LogP contribution in [0.4, 0.5) is 0 Å². The molecule has 0 bridgehead atoms. The van der Waals surface area contributed by atoms with Crippen LogP contribution in [0.15, 0.2) is 12.3 Å². The smallest absolute Gasteiger partial charge is 0.316 e. The second-order valence-corrected chi connectivity index (χ2v) is 7.22. The van der Waals surface area contributed by atoms with Crippen LogP contribution < -0.4 is 4.52 Å². The summed E-state index contributed by atoms with van der Waals surface area (Å²) in [5.41, 5.74) is 2.07. The van der Waals surface area contributed by atoms with E-state index in [1.165, 1.54) is 0 Å². The van der Waals surface area contributed by atoms with Crippen molar-refractivity contribution in [1.29, 1.82) is 0 Å². The van der Waals surface area contributed by atoms with Crippen LogP contribution >= 0.6 is 6.64 Å². The van der Waals surface area contributed by atoms with Gasteiger partial charge in [-0.1, -0.05) is 0 Å². The number of fused-ring (bicyclic) bond motifs is 1. The van der Waals surface area contributed by atoms with Crippen molar-refractivity contribution in [2.45, 2.75) is 13.5 Å². The summed E-state index contributed by atoms with van der Waals surface area (Å²) < 4.78 is 13.1. The Kier molecular flexibility index (Phi) is 2.81. The van der Waals surface area contributed by atoms with Crippen LogP contribution in [0.5, 0.6) is 5.88 Å². The minimum Gasteiger partial charge on any atom is -0.414 e. The van der Waals surface area contributed by atoms with Crippen molar-refractivity contribution in [2.75, 3.05) is 14.1 Å². The average molecular weight is 244 g/mol. The summed E-state index contributed by atoms with van der Waals surface area (Å²) in [6, 6.07) is 2.01. The molecule has 0 amide bonds. The number of hydrogen-bond acceptors (Lipinski definition) is 4. The largest absolute Gasteiger partial charge is 0.414 e. The molecule has 1 unspecified atom stereocenters.